The molecule has 6 heteroatoms. The van der Waals surface area contributed by atoms with Crippen molar-refractivity contribution in [1.29, 1.82) is 0 Å². The lowest BCUT2D eigenvalue weighted by Crippen LogP contribution is -2.45. The average molecular weight is 230 g/mol. The minimum atomic E-state index is -0.878. The quantitative estimate of drug-likeness (QED) is 0.602. The third-order valence-electron chi connectivity index (χ3n) is 2.74. The normalized spacial score (nSPS) is 35.6. The second-order valence-corrected chi connectivity index (χ2v) is 4.96. The zero-order valence-electron chi connectivity index (χ0n) is 8.23. The van der Waals surface area contributed by atoms with E-state index in [4.69, 9.17) is 5.11 Å². The molecule has 2 fully saturated rings. The van der Waals surface area contributed by atoms with E-state index in [1.807, 2.05) is 0 Å². The lowest BCUT2D eigenvalue weighted by molar-refractivity contribution is -0.138. The number of carboxylic acids is 1. The topological polar surface area (TPSA) is 78.4 Å². The number of rotatable bonds is 3. The van der Waals surface area contributed by atoms with Crippen LogP contribution in [0.25, 0.3) is 0 Å². The molecule has 2 rings (SSSR count). The second-order valence-electron chi connectivity index (χ2n) is 3.82. The Morgan fingerprint density at radius 2 is 2.13 bits per heavy atom. The first kappa shape index (κ1) is 10.9. The Hall–Kier alpha value is -0.590. The fraction of sp³-hybridized carbons (Fsp3) is 0.778. The molecule has 0 aromatic carbocycles. The molecule has 3 N–H and O–H groups in total. The van der Waals surface area contributed by atoms with Gasteiger partial charge in [0.1, 0.15) is 11.4 Å². The van der Waals surface area contributed by atoms with E-state index in [1.54, 1.807) is 0 Å². The molecule has 0 bridgehead atoms. The summed E-state index contributed by atoms with van der Waals surface area (Å²) in [6.45, 7) is 0.885. The Balaban J connectivity index is 1.89. The van der Waals surface area contributed by atoms with Crippen molar-refractivity contribution in [2.75, 3.05) is 12.3 Å². The van der Waals surface area contributed by atoms with E-state index in [0.29, 0.717) is 5.75 Å². The number of nitrogens with one attached hydrogen (secondary N) is 2. The first-order valence-corrected chi connectivity index (χ1v) is 6.11. The summed E-state index contributed by atoms with van der Waals surface area (Å²) in [5.74, 6) is -0.309. The number of ketones is 1. The molecule has 15 heavy (non-hydrogen) atoms. The van der Waals surface area contributed by atoms with Crippen molar-refractivity contribution in [3.05, 3.63) is 0 Å². The predicted octanol–water partition coefficient (Wildman–Crippen LogP) is -0.577. The maximum atomic E-state index is 11.9. The maximum absolute atomic E-state index is 11.9. The zero-order valence-corrected chi connectivity index (χ0v) is 9.05. The van der Waals surface area contributed by atoms with E-state index >= 15 is 0 Å². The van der Waals surface area contributed by atoms with Crippen LogP contribution in [-0.2, 0) is 9.59 Å². The third kappa shape index (κ3) is 2.32. The van der Waals surface area contributed by atoms with Gasteiger partial charge in [-0.1, -0.05) is 0 Å². The first-order chi connectivity index (χ1) is 7.18. The van der Waals surface area contributed by atoms with Gasteiger partial charge in [-0.15, -0.1) is 11.8 Å². The predicted molar refractivity (Wildman–Crippen MR) is 56.8 cm³/mol. The van der Waals surface area contributed by atoms with Gasteiger partial charge in [-0.25, -0.2) is 0 Å². The molecule has 0 spiro atoms. The first-order valence-electron chi connectivity index (χ1n) is 5.06. The van der Waals surface area contributed by atoms with Crippen molar-refractivity contribution in [2.24, 2.45) is 0 Å². The molecule has 2 heterocycles. The fourth-order valence-electron chi connectivity index (χ4n) is 1.89. The number of thioether (sulfide) groups is 1. The molecular formula is C9H14N2O3S. The molecule has 2 aliphatic heterocycles. The average Bonchev–Trinajstić information content (AvgIpc) is 2.88. The lowest BCUT2D eigenvalue weighted by Gasteiger charge is -2.14. The van der Waals surface area contributed by atoms with E-state index < -0.39 is 12.0 Å². The van der Waals surface area contributed by atoms with E-state index in [9.17, 15) is 9.59 Å². The van der Waals surface area contributed by atoms with Gasteiger partial charge in [-0.3, -0.25) is 14.9 Å². The number of hydrogen-bond acceptors (Lipinski definition) is 5. The largest absolute Gasteiger partial charge is 0.480 e. The molecule has 0 saturated carbocycles. The molecule has 2 saturated heterocycles. The van der Waals surface area contributed by atoms with Crippen LogP contribution >= 0.6 is 11.8 Å². The SMILES string of the molecule is O=C(O)C1CSC(C(=O)[C@@H]2CCCN2)N1. The molecule has 2 aliphatic rings. The van der Waals surface area contributed by atoms with Crippen LogP contribution in [0.4, 0.5) is 0 Å². The smallest absolute Gasteiger partial charge is 0.321 e. The van der Waals surface area contributed by atoms with Gasteiger partial charge in [-0.05, 0) is 19.4 Å². The van der Waals surface area contributed by atoms with Crippen molar-refractivity contribution < 1.29 is 14.7 Å². The van der Waals surface area contributed by atoms with Gasteiger partial charge in [0.25, 0.3) is 0 Å². The Bertz CT molecular complexity index is 279. The molecule has 0 aromatic rings. The van der Waals surface area contributed by atoms with Crippen LogP contribution in [0.5, 0.6) is 0 Å². The Kier molecular flexibility index (Phi) is 3.28. The van der Waals surface area contributed by atoms with Gasteiger partial charge in [-0.2, -0.15) is 0 Å². The minimum Gasteiger partial charge on any atom is -0.480 e. The summed E-state index contributed by atoms with van der Waals surface area (Å²) in [6, 6.07) is -0.659. The van der Waals surface area contributed by atoms with Crippen molar-refractivity contribution in [2.45, 2.75) is 30.3 Å². The van der Waals surface area contributed by atoms with Gasteiger partial charge in [0.15, 0.2) is 5.78 Å². The molecule has 0 radical (unpaired) electrons. The molecule has 0 aliphatic carbocycles. The Morgan fingerprint density at radius 3 is 2.67 bits per heavy atom. The summed E-state index contributed by atoms with van der Waals surface area (Å²) < 4.78 is 0. The zero-order chi connectivity index (χ0) is 10.8. The highest BCUT2D eigenvalue weighted by Gasteiger charge is 2.37. The van der Waals surface area contributed by atoms with Crippen molar-refractivity contribution in [1.82, 2.24) is 10.6 Å². The lowest BCUT2D eigenvalue weighted by atomic mass is 10.1. The monoisotopic (exact) mass is 230 g/mol. The van der Waals surface area contributed by atoms with Gasteiger partial charge in [0.2, 0.25) is 0 Å². The highest BCUT2D eigenvalue weighted by atomic mass is 32.2. The van der Waals surface area contributed by atoms with Crippen molar-refractivity contribution in [3.8, 4) is 0 Å². The Labute approximate surface area is 92.0 Å². The van der Waals surface area contributed by atoms with Crippen LogP contribution in [0, 0.1) is 0 Å². The second kappa shape index (κ2) is 4.51. The standard InChI is InChI=1S/C9H14N2O3S/c12-7(5-2-1-3-10-5)8-11-6(4-15-8)9(13)14/h5-6,8,10-11H,1-4H2,(H,13,14)/t5-,6?,8?/m0/s1. The number of aliphatic carboxylic acids is 1. The number of carbonyl (C=O) groups excluding carboxylic acids is 1. The van der Waals surface area contributed by atoms with Crippen LogP contribution in [0.2, 0.25) is 0 Å². The number of carbonyl (C=O) groups is 2. The van der Waals surface area contributed by atoms with Crippen LogP contribution in [0.1, 0.15) is 12.8 Å². The van der Waals surface area contributed by atoms with Crippen LogP contribution in [-0.4, -0.2) is 46.6 Å². The maximum Gasteiger partial charge on any atom is 0.321 e. The Morgan fingerprint density at radius 1 is 1.33 bits per heavy atom. The molecule has 2 unspecified atom stereocenters. The molecule has 3 atom stereocenters. The highest BCUT2D eigenvalue weighted by Crippen LogP contribution is 2.22. The summed E-state index contributed by atoms with van der Waals surface area (Å²) in [5, 5.41) is 14.4. The van der Waals surface area contributed by atoms with Crippen LogP contribution in [0.15, 0.2) is 0 Å². The number of Topliss-reactive ketones (excluding diaryl/α,β-unsaturated/α-hetero) is 1. The molecular weight excluding hydrogens is 216 g/mol. The summed E-state index contributed by atoms with van der Waals surface area (Å²) in [5.41, 5.74) is 0. The number of carboxylic acid groups (broad SMARTS) is 1. The molecule has 84 valence electrons. The summed E-state index contributed by atoms with van der Waals surface area (Å²) in [4.78, 5) is 22.6. The van der Waals surface area contributed by atoms with Gasteiger partial charge in [0, 0.05) is 5.75 Å². The van der Waals surface area contributed by atoms with Gasteiger partial charge < -0.3 is 10.4 Å². The third-order valence-corrected chi connectivity index (χ3v) is 3.97. The van der Waals surface area contributed by atoms with E-state index in [-0.39, 0.29) is 17.2 Å². The van der Waals surface area contributed by atoms with Crippen LogP contribution in [0.3, 0.4) is 0 Å². The number of hydrogen-bond donors (Lipinski definition) is 3. The summed E-state index contributed by atoms with van der Waals surface area (Å²) in [6.07, 6.45) is 1.89. The summed E-state index contributed by atoms with van der Waals surface area (Å²) in [7, 11) is 0. The van der Waals surface area contributed by atoms with Crippen molar-refractivity contribution in [3.63, 3.8) is 0 Å². The fourth-order valence-corrected chi connectivity index (χ4v) is 3.10. The molecule has 5 nitrogen and oxygen atoms in total. The molecule has 0 amide bonds. The molecule has 0 aromatic heterocycles. The van der Waals surface area contributed by atoms with E-state index in [2.05, 4.69) is 10.6 Å². The van der Waals surface area contributed by atoms with Crippen LogP contribution < -0.4 is 10.6 Å². The van der Waals surface area contributed by atoms with Crippen molar-refractivity contribution >= 4 is 23.5 Å². The summed E-state index contributed by atoms with van der Waals surface area (Å²) >= 11 is 1.39. The van der Waals surface area contributed by atoms with Gasteiger partial charge in [0.05, 0.1) is 6.04 Å². The highest BCUT2D eigenvalue weighted by molar-refractivity contribution is 8.00. The minimum absolute atomic E-state index is 0.0810. The van der Waals surface area contributed by atoms with Gasteiger partial charge >= 0.3 is 5.97 Å². The van der Waals surface area contributed by atoms with E-state index in [1.165, 1.54) is 11.8 Å². The van der Waals surface area contributed by atoms with E-state index in [0.717, 1.165) is 19.4 Å².